The summed E-state index contributed by atoms with van der Waals surface area (Å²) in [5, 5.41) is 13.5. The smallest absolute Gasteiger partial charge is 0.230 e. The fourth-order valence-electron chi connectivity index (χ4n) is 2.70. The molecule has 0 bridgehead atoms. The number of rotatable bonds is 5. The van der Waals surface area contributed by atoms with Crippen molar-refractivity contribution in [2.75, 3.05) is 6.54 Å². The maximum absolute atomic E-state index is 13.0. The number of aliphatic hydroxyl groups is 1. The summed E-state index contributed by atoms with van der Waals surface area (Å²) in [4.78, 5) is 12.5. The second-order valence-corrected chi connectivity index (χ2v) is 6.30. The van der Waals surface area contributed by atoms with Crippen LogP contribution in [0.5, 0.6) is 0 Å². The molecule has 1 aliphatic carbocycles. The molecule has 0 spiro atoms. The van der Waals surface area contributed by atoms with Crippen molar-refractivity contribution < 1.29 is 14.3 Å². The number of hydrogen-bond donors (Lipinski definition) is 2. The lowest BCUT2D eigenvalue weighted by molar-refractivity contribution is -0.124. The third-order valence-electron chi connectivity index (χ3n) is 4.29. The van der Waals surface area contributed by atoms with Crippen LogP contribution in [0.2, 0.25) is 5.02 Å². The van der Waals surface area contributed by atoms with E-state index < -0.39 is 11.5 Å². The molecule has 0 heterocycles. The Morgan fingerprint density at radius 1 is 1.17 bits per heavy atom. The van der Waals surface area contributed by atoms with Crippen molar-refractivity contribution in [2.45, 2.75) is 24.4 Å². The molecule has 0 radical (unpaired) electrons. The van der Waals surface area contributed by atoms with Crippen LogP contribution in [0.1, 0.15) is 30.1 Å². The van der Waals surface area contributed by atoms with Crippen molar-refractivity contribution in [3.8, 4) is 0 Å². The van der Waals surface area contributed by atoms with Crippen molar-refractivity contribution >= 4 is 17.5 Å². The molecule has 2 N–H and O–H groups in total. The monoisotopic (exact) mass is 333 g/mol. The van der Waals surface area contributed by atoms with E-state index in [-0.39, 0.29) is 18.3 Å². The Hall–Kier alpha value is -1.91. The molecule has 120 valence electrons. The molecule has 0 aromatic heterocycles. The molecule has 5 heteroatoms. The Morgan fingerprint density at radius 2 is 1.78 bits per heavy atom. The molecule has 1 unspecified atom stereocenters. The number of aliphatic hydroxyl groups excluding tert-OH is 1. The molecule has 23 heavy (non-hydrogen) atoms. The van der Waals surface area contributed by atoms with E-state index in [1.54, 1.807) is 36.4 Å². The van der Waals surface area contributed by atoms with Gasteiger partial charge in [-0.3, -0.25) is 4.79 Å². The van der Waals surface area contributed by atoms with Crippen molar-refractivity contribution in [2.24, 2.45) is 0 Å². The maximum Gasteiger partial charge on any atom is 0.230 e. The van der Waals surface area contributed by atoms with Crippen molar-refractivity contribution in [1.82, 2.24) is 5.32 Å². The summed E-state index contributed by atoms with van der Waals surface area (Å²) in [6.45, 7) is 0.128. The van der Waals surface area contributed by atoms with Crippen LogP contribution in [0.3, 0.4) is 0 Å². The van der Waals surface area contributed by atoms with Gasteiger partial charge in [0.15, 0.2) is 0 Å². The Bertz CT molecular complexity index is 696. The zero-order chi connectivity index (χ0) is 16.4. The number of halogens is 2. The van der Waals surface area contributed by atoms with Gasteiger partial charge in [0, 0.05) is 11.6 Å². The van der Waals surface area contributed by atoms with E-state index in [9.17, 15) is 14.3 Å². The largest absolute Gasteiger partial charge is 0.387 e. The highest BCUT2D eigenvalue weighted by Gasteiger charge is 2.51. The molecule has 1 aliphatic rings. The van der Waals surface area contributed by atoms with Crippen LogP contribution >= 0.6 is 11.6 Å². The first-order valence-electron chi connectivity index (χ1n) is 7.49. The lowest BCUT2D eigenvalue weighted by Gasteiger charge is -2.18. The molecule has 1 fully saturated rings. The molecule has 0 saturated heterocycles. The Labute approximate surface area is 139 Å². The summed E-state index contributed by atoms with van der Waals surface area (Å²) in [6.07, 6.45) is 0.684. The van der Waals surface area contributed by atoms with Gasteiger partial charge in [-0.05, 0) is 48.2 Å². The van der Waals surface area contributed by atoms with Gasteiger partial charge >= 0.3 is 0 Å². The Morgan fingerprint density at radius 3 is 2.35 bits per heavy atom. The topological polar surface area (TPSA) is 49.3 Å². The van der Waals surface area contributed by atoms with E-state index in [0.29, 0.717) is 10.6 Å². The third-order valence-corrected chi connectivity index (χ3v) is 4.54. The van der Waals surface area contributed by atoms with E-state index in [2.05, 4.69) is 5.32 Å². The van der Waals surface area contributed by atoms with Gasteiger partial charge in [0.25, 0.3) is 0 Å². The summed E-state index contributed by atoms with van der Waals surface area (Å²) in [7, 11) is 0. The van der Waals surface area contributed by atoms with Crippen LogP contribution in [-0.4, -0.2) is 17.6 Å². The highest BCUT2D eigenvalue weighted by Crippen LogP contribution is 2.48. The fourth-order valence-corrected chi connectivity index (χ4v) is 2.83. The summed E-state index contributed by atoms with van der Waals surface area (Å²) >= 11 is 5.81. The van der Waals surface area contributed by atoms with Gasteiger partial charge in [-0.25, -0.2) is 4.39 Å². The van der Waals surface area contributed by atoms with Gasteiger partial charge in [0.2, 0.25) is 5.91 Å². The molecule has 1 atom stereocenters. The van der Waals surface area contributed by atoms with Crippen LogP contribution in [-0.2, 0) is 10.2 Å². The molecule has 3 nitrogen and oxygen atoms in total. The predicted octanol–water partition coefficient (Wildman–Crippen LogP) is 3.36. The van der Waals surface area contributed by atoms with Gasteiger partial charge in [-0.1, -0.05) is 35.9 Å². The van der Waals surface area contributed by atoms with Gasteiger partial charge in [-0.2, -0.15) is 0 Å². The molecule has 3 rings (SSSR count). The number of benzene rings is 2. The SMILES string of the molecule is O=C(NCC(O)c1ccc(Cl)cc1)C1(c2ccc(F)cc2)CC1. The number of nitrogens with one attached hydrogen (secondary N) is 1. The van der Waals surface area contributed by atoms with Crippen LogP contribution in [0.25, 0.3) is 0 Å². The highest BCUT2D eigenvalue weighted by molar-refractivity contribution is 6.30. The van der Waals surface area contributed by atoms with Gasteiger partial charge in [-0.15, -0.1) is 0 Å². The highest BCUT2D eigenvalue weighted by atomic mass is 35.5. The van der Waals surface area contributed by atoms with Crippen molar-refractivity contribution in [1.29, 1.82) is 0 Å². The first-order valence-corrected chi connectivity index (χ1v) is 7.87. The predicted molar refractivity (Wildman–Crippen MR) is 86.7 cm³/mol. The minimum atomic E-state index is -0.791. The molecule has 2 aromatic carbocycles. The summed E-state index contributed by atoms with van der Waals surface area (Å²) in [5.41, 5.74) is 0.937. The minimum absolute atomic E-state index is 0.128. The van der Waals surface area contributed by atoms with Crippen molar-refractivity contribution in [3.63, 3.8) is 0 Å². The van der Waals surface area contributed by atoms with Crippen LogP contribution in [0, 0.1) is 5.82 Å². The lowest BCUT2D eigenvalue weighted by Crippen LogP contribution is -2.37. The van der Waals surface area contributed by atoms with Crippen LogP contribution in [0.15, 0.2) is 48.5 Å². The van der Waals surface area contributed by atoms with Crippen molar-refractivity contribution in [3.05, 3.63) is 70.5 Å². The Balaban J connectivity index is 1.63. The van der Waals surface area contributed by atoms with Gasteiger partial charge in [0.05, 0.1) is 11.5 Å². The number of carbonyl (C=O) groups excluding carboxylic acids is 1. The van der Waals surface area contributed by atoms with E-state index in [0.717, 1.165) is 18.4 Å². The number of hydrogen-bond acceptors (Lipinski definition) is 2. The van der Waals surface area contributed by atoms with Gasteiger partial charge < -0.3 is 10.4 Å². The normalized spacial score (nSPS) is 16.7. The molecular formula is C18H17ClFNO2. The fraction of sp³-hybridized carbons (Fsp3) is 0.278. The standard InChI is InChI=1S/C18H17ClFNO2/c19-14-5-1-12(2-6-14)16(22)11-21-17(23)18(9-10-18)13-3-7-15(20)8-4-13/h1-8,16,22H,9-11H2,(H,21,23). The summed E-state index contributed by atoms with van der Waals surface area (Å²) < 4.78 is 13.0. The third kappa shape index (κ3) is 3.38. The molecule has 2 aromatic rings. The van der Waals surface area contributed by atoms with Crippen LogP contribution in [0.4, 0.5) is 4.39 Å². The minimum Gasteiger partial charge on any atom is -0.387 e. The second kappa shape index (κ2) is 6.30. The molecule has 1 amide bonds. The molecule has 1 saturated carbocycles. The quantitative estimate of drug-likeness (QED) is 0.881. The zero-order valence-electron chi connectivity index (χ0n) is 12.4. The average Bonchev–Trinajstić information content (AvgIpc) is 3.35. The van der Waals surface area contributed by atoms with Gasteiger partial charge in [0.1, 0.15) is 5.82 Å². The number of amides is 1. The molecule has 0 aliphatic heterocycles. The summed E-state index contributed by atoms with van der Waals surface area (Å²) in [6, 6.07) is 12.9. The average molecular weight is 334 g/mol. The van der Waals surface area contributed by atoms with E-state index in [1.165, 1.54) is 12.1 Å². The van der Waals surface area contributed by atoms with E-state index >= 15 is 0 Å². The zero-order valence-corrected chi connectivity index (χ0v) is 13.2. The maximum atomic E-state index is 13.0. The number of carbonyl (C=O) groups is 1. The first kappa shape index (κ1) is 16.0. The van der Waals surface area contributed by atoms with E-state index in [4.69, 9.17) is 11.6 Å². The second-order valence-electron chi connectivity index (χ2n) is 5.87. The summed E-state index contributed by atoms with van der Waals surface area (Å²) in [5.74, 6) is -0.444. The van der Waals surface area contributed by atoms with E-state index in [1.807, 2.05) is 0 Å². The molecular weight excluding hydrogens is 317 g/mol. The Kier molecular flexibility index (Phi) is 4.37. The van der Waals surface area contributed by atoms with Crippen LogP contribution < -0.4 is 5.32 Å². The lowest BCUT2D eigenvalue weighted by atomic mass is 9.95. The first-order chi connectivity index (χ1) is 11.0.